The van der Waals surface area contributed by atoms with Gasteiger partial charge < -0.3 is 14.2 Å². The molecule has 1 atom stereocenters. The zero-order valence-corrected chi connectivity index (χ0v) is 51.6. The molecule has 6 heteroatoms. The number of rotatable bonds is 59. The zero-order chi connectivity index (χ0) is 57.1. The van der Waals surface area contributed by atoms with Crippen LogP contribution in [-0.2, 0) is 28.6 Å². The van der Waals surface area contributed by atoms with Crippen LogP contribution in [0.4, 0.5) is 0 Å². The molecule has 0 aromatic rings. The van der Waals surface area contributed by atoms with Crippen molar-refractivity contribution in [3.8, 4) is 0 Å². The van der Waals surface area contributed by atoms with Crippen LogP contribution in [0.5, 0.6) is 0 Å². The summed E-state index contributed by atoms with van der Waals surface area (Å²) in [7, 11) is 0. The average Bonchev–Trinajstić information content (AvgIpc) is 3.45. The first-order valence-electron chi connectivity index (χ1n) is 33.0. The highest BCUT2D eigenvalue weighted by atomic mass is 16.6. The fourth-order valence-electron chi connectivity index (χ4n) is 9.06. The molecule has 1 unspecified atom stereocenters. The van der Waals surface area contributed by atoms with Gasteiger partial charge in [0.1, 0.15) is 13.2 Å². The summed E-state index contributed by atoms with van der Waals surface area (Å²) in [5.74, 6) is -0.925. The minimum atomic E-state index is -0.795. The van der Waals surface area contributed by atoms with Crippen LogP contribution >= 0.6 is 0 Å². The van der Waals surface area contributed by atoms with E-state index in [0.717, 1.165) is 122 Å². The number of esters is 3. The summed E-state index contributed by atoms with van der Waals surface area (Å²) in [6, 6.07) is 0. The molecule has 0 aliphatic carbocycles. The average molecular weight is 1100 g/mol. The topological polar surface area (TPSA) is 78.9 Å². The third kappa shape index (κ3) is 64.5. The van der Waals surface area contributed by atoms with Crippen LogP contribution in [-0.4, -0.2) is 37.2 Å². The molecule has 0 bridgehead atoms. The van der Waals surface area contributed by atoms with Gasteiger partial charge in [0.2, 0.25) is 0 Å². The van der Waals surface area contributed by atoms with E-state index in [-0.39, 0.29) is 31.1 Å². The molecule has 0 aliphatic rings. The number of ether oxygens (including phenoxy) is 3. The highest BCUT2D eigenvalue weighted by Crippen LogP contribution is 2.16. The molecule has 0 fully saturated rings. The van der Waals surface area contributed by atoms with Crippen molar-refractivity contribution in [1.29, 1.82) is 0 Å². The van der Waals surface area contributed by atoms with Gasteiger partial charge in [-0.15, -0.1) is 0 Å². The molecule has 0 N–H and O–H groups in total. The maximum absolute atomic E-state index is 12.9. The monoisotopic (exact) mass is 1090 g/mol. The predicted octanol–water partition coefficient (Wildman–Crippen LogP) is 22.8. The van der Waals surface area contributed by atoms with Crippen LogP contribution in [0.15, 0.2) is 122 Å². The van der Waals surface area contributed by atoms with E-state index >= 15 is 0 Å². The fraction of sp³-hybridized carbons (Fsp3) is 0.685. The van der Waals surface area contributed by atoms with E-state index in [1.165, 1.54) is 141 Å². The Bertz CT molecular complexity index is 1640. The Hall–Kier alpha value is -4.19. The molecule has 0 saturated carbocycles. The van der Waals surface area contributed by atoms with Gasteiger partial charge in [0.15, 0.2) is 6.10 Å². The van der Waals surface area contributed by atoms with Crippen molar-refractivity contribution in [2.75, 3.05) is 13.2 Å². The van der Waals surface area contributed by atoms with Crippen molar-refractivity contribution in [3.63, 3.8) is 0 Å². The summed E-state index contributed by atoms with van der Waals surface area (Å²) in [6.45, 7) is 6.51. The molecule has 0 saturated heterocycles. The largest absolute Gasteiger partial charge is 0.462 e. The van der Waals surface area contributed by atoms with Crippen LogP contribution < -0.4 is 0 Å². The molecular formula is C73H122O6. The first-order valence-corrected chi connectivity index (χ1v) is 33.0. The third-order valence-electron chi connectivity index (χ3n) is 14.0. The maximum Gasteiger partial charge on any atom is 0.306 e. The summed E-state index contributed by atoms with van der Waals surface area (Å²) in [5, 5.41) is 0. The Labute approximate surface area is 488 Å². The fourth-order valence-corrected chi connectivity index (χ4v) is 9.06. The SMILES string of the molecule is CC/C=C\C/C=C\C/C=C\C/C=C\C/C=C\C/C=C\C/C=C\C/C=C\C/C=C\C/C=C\CCCCC(=O)OCC(COC(=O)CCCCCCCCCCCCCCC)OC(=O)CCCCCCCCCCCCCCCCC. The van der Waals surface area contributed by atoms with Gasteiger partial charge in [0.25, 0.3) is 0 Å². The van der Waals surface area contributed by atoms with Crippen molar-refractivity contribution in [3.05, 3.63) is 122 Å². The van der Waals surface area contributed by atoms with Crippen molar-refractivity contribution < 1.29 is 28.6 Å². The molecule has 0 aliphatic heterocycles. The van der Waals surface area contributed by atoms with E-state index in [1.807, 2.05) is 0 Å². The lowest BCUT2D eigenvalue weighted by Gasteiger charge is -2.18. The van der Waals surface area contributed by atoms with Crippen molar-refractivity contribution >= 4 is 17.9 Å². The standard InChI is InChI=1S/C73H122O6/c1-4-7-10-13-16-19-22-25-27-28-29-30-31-32-33-34-35-36-37-38-39-40-41-42-43-44-46-48-51-54-57-60-63-66-72(75)78-69-70(68-77-71(74)65-62-59-56-53-50-47-24-21-18-15-12-9-6-3)79-73(76)67-64-61-58-55-52-49-45-26-23-20-17-14-11-8-5-2/h7,10,16,19,25,27,29-30,32-33,35-36,38-39,41-42,44,46,51,54,70H,4-6,8-9,11-15,17-18,20-24,26,28,31,34,37,40,43,45,47-50,52-53,55-69H2,1-3H3/b10-7-,19-16-,27-25-,30-29-,33-32-,36-35-,39-38-,42-41-,46-44-,54-51-. The summed E-state index contributed by atoms with van der Waals surface area (Å²) < 4.78 is 16.9. The van der Waals surface area contributed by atoms with E-state index in [1.54, 1.807) is 0 Å². The lowest BCUT2D eigenvalue weighted by molar-refractivity contribution is -0.167. The molecule has 0 aromatic carbocycles. The third-order valence-corrected chi connectivity index (χ3v) is 14.0. The molecular weight excluding hydrogens is 973 g/mol. The molecule has 0 heterocycles. The summed E-state index contributed by atoms with van der Waals surface area (Å²) in [5.41, 5.74) is 0. The molecule has 0 radical (unpaired) electrons. The van der Waals surface area contributed by atoms with E-state index in [9.17, 15) is 14.4 Å². The van der Waals surface area contributed by atoms with E-state index in [2.05, 4.69) is 142 Å². The first kappa shape index (κ1) is 74.8. The van der Waals surface area contributed by atoms with Crippen molar-refractivity contribution in [2.24, 2.45) is 0 Å². The van der Waals surface area contributed by atoms with Gasteiger partial charge >= 0.3 is 17.9 Å². The van der Waals surface area contributed by atoms with Gasteiger partial charge in [-0.25, -0.2) is 0 Å². The molecule has 6 nitrogen and oxygen atoms in total. The van der Waals surface area contributed by atoms with E-state index in [0.29, 0.717) is 19.3 Å². The summed E-state index contributed by atoms with van der Waals surface area (Å²) in [6.07, 6.45) is 92.1. The number of allylic oxidation sites excluding steroid dienone is 20. The Balaban J connectivity index is 4.35. The Morgan fingerprint density at radius 1 is 0.266 bits per heavy atom. The molecule has 0 spiro atoms. The molecule has 79 heavy (non-hydrogen) atoms. The molecule has 0 aromatic heterocycles. The Kier molecular flexibility index (Phi) is 62.8. The second-order valence-electron chi connectivity index (χ2n) is 21.7. The van der Waals surface area contributed by atoms with Gasteiger partial charge in [-0.2, -0.15) is 0 Å². The van der Waals surface area contributed by atoms with E-state index in [4.69, 9.17) is 14.2 Å². The lowest BCUT2D eigenvalue weighted by Crippen LogP contribution is -2.30. The minimum absolute atomic E-state index is 0.0889. The molecule has 450 valence electrons. The van der Waals surface area contributed by atoms with Crippen LogP contribution in [0.3, 0.4) is 0 Å². The van der Waals surface area contributed by atoms with Gasteiger partial charge in [-0.3, -0.25) is 14.4 Å². The van der Waals surface area contributed by atoms with Gasteiger partial charge in [-0.1, -0.05) is 309 Å². The second kappa shape index (κ2) is 66.3. The second-order valence-corrected chi connectivity index (χ2v) is 21.7. The summed E-state index contributed by atoms with van der Waals surface area (Å²) >= 11 is 0. The van der Waals surface area contributed by atoms with Crippen LogP contribution in [0.25, 0.3) is 0 Å². The number of hydrogen-bond donors (Lipinski definition) is 0. The lowest BCUT2D eigenvalue weighted by atomic mass is 10.0. The number of hydrogen-bond acceptors (Lipinski definition) is 6. The Morgan fingerprint density at radius 3 is 0.772 bits per heavy atom. The first-order chi connectivity index (χ1) is 39.0. The molecule has 0 amide bonds. The quantitative estimate of drug-likeness (QED) is 0.0261. The van der Waals surface area contributed by atoms with E-state index < -0.39 is 6.10 Å². The maximum atomic E-state index is 12.9. The predicted molar refractivity (Wildman–Crippen MR) is 343 cm³/mol. The van der Waals surface area contributed by atoms with Crippen molar-refractivity contribution in [1.82, 2.24) is 0 Å². The normalized spacial score (nSPS) is 12.9. The van der Waals surface area contributed by atoms with Crippen LogP contribution in [0.1, 0.15) is 303 Å². The molecule has 0 rings (SSSR count). The smallest absolute Gasteiger partial charge is 0.306 e. The zero-order valence-electron chi connectivity index (χ0n) is 51.6. The highest BCUT2D eigenvalue weighted by molar-refractivity contribution is 5.71. The van der Waals surface area contributed by atoms with Crippen LogP contribution in [0, 0.1) is 0 Å². The van der Waals surface area contributed by atoms with Gasteiger partial charge in [0.05, 0.1) is 0 Å². The Morgan fingerprint density at radius 2 is 0.494 bits per heavy atom. The van der Waals surface area contributed by atoms with Gasteiger partial charge in [-0.05, 0) is 96.3 Å². The summed E-state index contributed by atoms with van der Waals surface area (Å²) in [4.78, 5) is 38.3. The number of carbonyl (C=O) groups excluding carboxylic acids is 3. The number of unbranched alkanes of at least 4 members (excludes halogenated alkanes) is 28. The highest BCUT2D eigenvalue weighted by Gasteiger charge is 2.19. The van der Waals surface area contributed by atoms with Gasteiger partial charge in [0, 0.05) is 19.3 Å². The minimum Gasteiger partial charge on any atom is -0.462 e. The van der Waals surface area contributed by atoms with Crippen LogP contribution in [0.2, 0.25) is 0 Å². The van der Waals surface area contributed by atoms with Crippen molar-refractivity contribution in [2.45, 2.75) is 309 Å². The number of carbonyl (C=O) groups is 3.